The first-order valence-electron chi connectivity index (χ1n) is 11.0. The van der Waals surface area contributed by atoms with Crippen molar-refractivity contribution in [2.24, 2.45) is 0 Å². The van der Waals surface area contributed by atoms with Gasteiger partial charge in [-0.1, -0.05) is 13.8 Å². The molecule has 1 atom stereocenters. The number of rotatable bonds is 8. The molecule has 5 nitrogen and oxygen atoms in total. The smallest absolute Gasteiger partial charge is 0.319 e. The normalized spacial score (nSPS) is 16.2. The fourth-order valence-electron chi connectivity index (χ4n) is 3.65. The van der Waals surface area contributed by atoms with E-state index in [0.717, 1.165) is 56.6 Å². The second-order valence-corrected chi connectivity index (χ2v) is 9.65. The van der Waals surface area contributed by atoms with Gasteiger partial charge in [-0.2, -0.15) is 0 Å². The van der Waals surface area contributed by atoms with Crippen LogP contribution in [0.25, 0.3) is 0 Å². The Morgan fingerprint density at radius 2 is 1.97 bits per heavy atom. The van der Waals surface area contributed by atoms with Gasteiger partial charge in [0.05, 0.1) is 0 Å². The number of hydrogen-bond donors (Lipinski definition) is 2. The third-order valence-corrected chi connectivity index (χ3v) is 7.01. The number of anilines is 1. The highest BCUT2D eigenvalue weighted by Crippen LogP contribution is 2.28. The Hall–Kier alpha value is -2.05. The fraction of sp³-hybridized carbons (Fsp3) is 0.500. The lowest BCUT2D eigenvalue weighted by Gasteiger charge is -2.32. The van der Waals surface area contributed by atoms with Crippen molar-refractivity contribution in [3.05, 3.63) is 53.9 Å². The highest BCUT2D eigenvalue weighted by Gasteiger charge is 2.20. The van der Waals surface area contributed by atoms with Gasteiger partial charge in [0.2, 0.25) is 0 Å². The number of amides is 2. The Balaban J connectivity index is 1.40. The molecule has 1 unspecified atom stereocenters. The number of aromatic nitrogens is 1. The van der Waals surface area contributed by atoms with E-state index in [-0.39, 0.29) is 12.1 Å². The number of carbonyl (C=O) groups excluding carboxylic acids is 1. The fourth-order valence-corrected chi connectivity index (χ4v) is 4.67. The number of likely N-dealkylation sites (tertiary alicyclic amines) is 1. The summed E-state index contributed by atoms with van der Waals surface area (Å²) in [6.07, 6.45) is 7.88. The van der Waals surface area contributed by atoms with E-state index < -0.39 is 0 Å². The molecule has 1 aromatic carbocycles. The molecule has 2 amide bonds. The predicted molar refractivity (Wildman–Crippen MR) is 126 cm³/mol. The third kappa shape index (κ3) is 7.03. The van der Waals surface area contributed by atoms with Gasteiger partial charge >= 0.3 is 6.03 Å². The first kappa shape index (κ1) is 22.6. The molecule has 0 bridgehead atoms. The number of nitrogens with zero attached hydrogens (tertiary/aromatic N) is 2. The van der Waals surface area contributed by atoms with Crippen LogP contribution in [-0.2, 0) is 6.42 Å². The van der Waals surface area contributed by atoms with Gasteiger partial charge in [0.15, 0.2) is 0 Å². The van der Waals surface area contributed by atoms with Crippen molar-refractivity contribution >= 4 is 23.5 Å². The van der Waals surface area contributed by atoms with E-state index in [4.69, 9.17) is 0 Å². The monoisotopic (exact) mass is 426 g/mol. The van der Waals surface area contributed by atoms with Crippen molar-refractivity contribution in [2.45, 2.75) is 62.6 Å². The molecule has 1 aliphatic rings. The summed E-state index contributed by atoms with van der Waals surface area (Å²) >= 11 is 1.88. The summed E-state index contributed by atoms with van der Waals surface area (Å²) in [6, 6.07) is 10.6. The maximum atomic E-state index is 12.5. The molecule has 0 saturated carbocycles. The summed E-state index contributed by atoms with van der Waals surface area (Å²) < 4.78 is 0. The third-order valence-electron chi connectivity index (χ3n) is 5.75. The van der Waals surface area contributed by atoms with Crippen LogP contribution in [0.5, 0.6) is 0 Å². The quantitative estimate of drug-likeness (QED) is 0.576. The zero-order valence-corrected chi connectivity index (χ0v) is 19.2. The molecule has 2 N–H and O–H groups in total. The van der Waals surface area contributed by atoms with Crippen molar-refractivity contribution in [2.75, 3.05) is 25.0 Å². The van der Waals surface area contributed by atoms with Crippen molar-refractivity contribution in [3.8, 4) is 0 Å². The van der Waals surface area contributed by atoms with E-state index in [1.807, 2.05) is 30.2 Å². The molecule has 2 aromatic rings. The molecule has 1 aliphatic heterocycles. The number of thioether (sulfide) groups is 1. The van der Waals surface area contributed by atoms with E-state index in [9.17, 15) is 4.79 Å². The molecule has 1 saturated heterocycles. The van der Waals surface area contributed by atoms with Gasteiger partial charge in [-0.3, -0.25) is 4.98 Å². The number of pyridine rings is 1. The molecule has 0 spiro atoms. The zero-order valence-electron chi connectivity index (χ0n) is 18.4. The Morgan fingerprint density at radius 3 is 2.63 bits per heavy atom. The SMILES string of the molecule is CCC(C)Sc1ccc(NC(=O)NC2CCN(CCc3ccncc3)CC2)c(C)c1. The summed E-state index contributed by atoms with van der Waals surface area (Å²) in [5.41, 5.74) is 3.31. The number of urea groups is 1. The van der Waals surface area contributed by atoms with Gasteiger partial charge in [0, 0.05) is 53.9 Å². The Morgan fingerprint density at radius 1 is 1.23 bits per heavy atom. The van der Waals surface area contributed by atoms with Gasteiger partial charge in [0.1, 0.15) is 0 Å². The van der Waals surface area contributed by atoms with E-state index in [0.29, 0.717) is 5.25 Å². The molecule has 1 fully saturated rings. The highest BCUT2D eigenvalue weighted by molar-refractivity contribution is 7.99. The van der Waals surface area contributed by atoms with E-state index >= 15 is 0 Å². The minimum Gasteiger partial charge on any atom is -0.335 e. The number of hydrogen-bond acceptors (Lipinski definition) is 4. The maximum absolute atomic E-state index is 12.5. The van der Waals surface area contributed by atoms with E-state index in [1.54, 1.807) is 0 Å². The number of benzene rings is 1. The molecule has 0 radical (unpaired) electrons. The Labute approximate surface area is 185 Å². The van der Waals surface area contributed by atoms with Gasteiger partial charge in [0.25, 0.3) is 0 Å². The highest BCUT2D eigenvalue weighted by atomic mass is 32.2. The topological polar surface area (TPSA) is 57.3 Å². The van der Waals surface area contributed by atoms with Crippen LogP contribution >= 0.6 is 11.8 Å². The molecule has 2 heterocycles. The van der Waals surface area contributed by atoms with Crippen molar-refractivity contribution in [3.63, 3.8) is 0 Å². The molecule has 6 heteroatoms. The maximum Gasteiger partial charge on any atom is 0.319 e. The van der Waals surface area contributed by atoms with Crippen LogP contribution < -0.4 is 10.6 Å². The molecule has 30 heavy (non-hydrogen) atoms. The average Bonchev–Trinajstić information content (AvgIpc) is 2.76. The summed E-state index contributed by atoms with van der Waals surface area (Å²) in [4.78, 5) is 20.3. The summed E-state index contributed by atoms with van der Waals surface area (Å²) in [5, 5.41) is 6.78. The lowest BCUT2D eigenvalue weighted by Crippen LogP contribution is -2.46. The van der Waals surface area contributed by atoms with Crippen LogP contribution in [0, 0.1) is 6.92 Å². The van der Waals surface area contributed by atoms with Crippen molar-refractivity contribution in [1.82, 2.24) is 15.2 Å². The molecule has 0 aliphatic carbocycles. The van der Waals surface area contributed by atoms with Crippen LogP contribution in [0.2, 0.25) is 0 Å². The minimum atomic E-state index is -0.101. The largest absolute Gasteiger partial charge is 0.335 e. The zero-order chi connectivity index (χ0) is 21.3. The van der Waals surface area contributed by atoms with Crippen molar-refractivity contribution in [1.29, 1.82) is 0 Å². The number of carbonyl (C=O) groups is 1. The molecule has 3 rings (SSSR count). The Kier molecular flexibility index (Phi) is 8.58. The van der Waals surface area contributed by atoms with Gasteiger partial charge in [-0.05, 0) is 74.1 Å². The molecular formula is C24H34N4OS. The summed E-state index contributed by atoms with van der Waals surface area (Å²) in [6.45, 7) is 9.61. The van der Waals surface area contributed by atoms with Crippen LogP contribution in [0.1, 0.15) is 44.2 Å². The van der Waals surface area contributed by atoms with Crippen LogP contribution in [-0.4, -0.2) is 46.8 Å². The first-order valence-corrected chi connectivity index (χ1v) is 11.9. The molecule has 162 valence electrons. The van der Waals surface area contributed by atoms with Crippen LogP contribution in [0.15, 0.2) is 47.6 Å². The van der Waals surface area contributed by atoms with Gasteiger partial charge in [-0.15, -0.1) is 11.8 Å². The van der Waals surface area contributed by atoms with Crippen LogP contribution in [0.4, 0.5) is 10.5 Å². The summed E-state index contributed by atoms with van der Waals surface area (Å²) in [5.74, 6) is 0. The van der Waals surface area contributed by atoms with Gasteiger partial charge in [-0.25, -0.2) is 4.79 Å². The summed E-state index contributed by atoms with van der Waals surface area (Å²) in [7, 11) is 0. The predicted octanol–water partition coefficient (Wildman–Crippen LogP) is 5.11. The lowest BCUT2D eigenvalue weighted by molar-refractivity contribution is 0.197. The standard InChI is InChI=1S/C24H34N4OS/c1-4-19(3)30-22-5-6-23(18(2)17-22)27-24(29)26-21-10-15-28(16-11-21)14-9-20-7-12-25-13-8-20/h5-8,12-13,17,19,21H,4,9-11,14-16H2,1-3H3,(H2,26,27,29). The van der Waals surface area contributed by atoms with Crippen molar-refractivity contribution < 1.29 is 4.79 Å². The first-order chi connectivity index (χ1) is 14.5. The minimum absolute atomic E-state index is 0.101. The van der Waals surface area contributed by atoms with Gasteiger partial charge < -0.3 is 15.5 Å². The average molecular weight is 427 g/mol. The van der Waals surface area contributed by atoms with E-state index in [1.165, 1.54) is 10.5 Å². The number of aryl methyl sites for hydroxylation is 1. The van der Waals surface area contributed by atoms with Crippen LogP contribution in [0.3, 0.4) is 0 Å². The molecular weight excluding hydrogens is 392 g/mol. The lowest BCUT2D eigenvalue weighted by atomic mass is 10.0. The number of piperidine rings is 1. The second kappa shape index (κ2) is 11.4. The Bertz CT molecular complexity index is 806. The molecule has 1 aromatic heterocycles. The second-order valence-electron chi connectivity index (χ2n) is 8.13. The van der Waals surface area contributed by atoms with E-state index in [2.05, 4.69) is 65.6 Å². The number of nitrogens with one attached hydrogen (secondary N) is 2.